The zero-order valence-corrected chi connectivity index (χ0v) is 19.8. The second-order valence-electron chi connectivity index (χ2n) is 6.88. The smallest absolute Gasteiger partial charge is 0.325 e. The summed E-state index contributed by atoms with van der Waals surface area (Å²) in [6.07, 6.45) is -0.375. The average Bonchev–Trinajstić information content (AvgIpc) is 2.77. The first-order valence-corrected chi connectivity index (χ1v) is 11.7. The molecule has 1 aliphatic rings. The molecule has 7 nitrogen and oxygen atoms in total. The molecule has 0 saturated carbocycles. The molecule has 1 aliphatic heterocycles. The van der Waals surface area contributed by atoms with Crippen molar-refractivity contribution < 1.29 is 14.2 Å². The van der Waals surface area contributed by atoms with Crippen LogP contribution < -0.4 is 19.9 Å². The summed E-state index contributed by atoms with van der Waals surface area (Å²) in [6, 6.07) is 13.0. The van der Waals surface area contributed by atoms with Crippen LogP contribution in [-0.2, 0) is 4.79 Å². The fourth-order valence-electron chi connectivity index (χ4n) is 3.80. The number of ether oxygens (including phenoxy) is 1. The second kappa shape index (κ2) is 8.84. The standard InChI is InChI=1S/C22H21BrN4O3S/c1-4-18(28)26-16-9-7-6-8-14(16)19-20(29)24-22(31-5-2)25-27(19)21(26)15-12-13(23)10-11-17(15)30-3/h6-12,21H,4-5H2,1-3H3/p+1/t21-/m0/s1. The number of rotatable bonds is 5. The van der Waals surface area contributed by atoms with Gasteiger partial charge in [-0.2, -0.15) is 0 Å². The van der Waals surface area contributed by atoms with Crippen LogP contribution in [0.3, 0.4) is 0 Å². The van der Waals surface area contributed by atoms with E-state index in [2.05, 4.69) is 20.9 Å². The normalized spacial score (nSPS) is 14.7. The van der Waals surface area contributed by atoms with E-state index in [1.54, 1.807) is 16.7 Å². The van der Waals surface area contributed by atoms with Gasteiger partial charge in [0.05, 0.1) is 23.9 Å². The van der Waals surface area contributed by atoms with Gasteiger partial charge in [0.1, 0.15) is 5.75 Å². The molecule has 0 unspecified atom stereocenters. The zero-order chi connectivity index (χ0) is 22.1. The van der Waals surface area contributed by atoms with Crippen LogP contribution in [0.15, 0.2) is 56.9 Å². The van der Waals surface area contributed by atoms with E-state index < -0.39 is 6.17 Å². The molecule has 0 radical (unpaired) electrons. The number of amides is 1. The Kier molecular flexibility index (Phi) is 6.15. The number of aromatic amines is 1. The third-order valence-electron chi connectivity index (χ3n) is 5.08. The van der Waals surface area contributed by atoms with E-state index >= 15 is 0 Å². The maximum atomic E-state index is 13.2. The Bertz CT molecular complexity index is 1210. The topological polar surface area (TPSA) is 79.2 Å². The maximum Gasteiger partial charge on any atom is 0.325 e. The first-order chi connectivity index (χ1) is 15.0. The predicted octanol–water partition coefficient (Wildman–Crippen LogP) is 3.91. The highest BCUT2D eigenvalue weighted by Crippen LogP contribution is 2.40. The fourth-order valence-corrected chi connectivity index (χ4v) is 4.76. The van der Waals surface area contributed by atoms with Gasteiger partial charge >= 0.3 is 11.3 Å². The van der Waals surface area contributed by atoms with Crippen molar-refractivity contribution in [3.05, 3.63) is 62.9 Å². The molecule has 1 atom stereocenters. The molecule has 2 heterocycles. The molecule has 0 aliphatic carbocycles. The van der Waals surface area contributed by atoms with Gasteiger partial charge in [-0.3, -0.25) is 14.6 Å². The van der Waals surface area contributed by atoms with E-state index in [0.29, 0.717) is 34.3 Å². The molecule has 160 valence electrons. The van der Waals surface area contributed by atoms with E-state index in [0.717, 1.165) is 15.8 Å². The van der Waals surface area contributed by atoms with Gasteiger partial charge in [0, 0.05) is 16.0 Å². The Balaban J connectivity index is 2.11. The van der Waals surface area contributed by atoms with Gasteiger partial charge in [-0.15, -0.1) is 0 Å². The van der Waals surface area contributed by atoms with Crippen LogP contribution in [0.4, 0.5) is 5.69 Å². The molecule has 31 heavy (non-hydrogen) atoms. The van der Waals surface area contributed by atoms with Crippen LogP contribution >= 0.6 is 27.7 Å². The third-order valence-corrected chi connectivity index (χ3v) is 6.32. The molecule has 4 rings (SSSR count). The van der Waals surface area contributed by atoms with Crippen molar-refractivity contribution in [2.45, 2.75) is 31.6 Å². The van der Waals surface area contributed by atoms with Gasteiger partial charge in [-0.25, -0.2) is 4.90 Å². The summed E-state index contributed by atoms with van der Waals surface area (Å²) in [7, 11) is 1.59. The number of nitrogens with zero attached hydrogens (tertiary/aromatic N) is 3. The van der Waals surface area contributed by atoms with Crippen LogP contribution in [-0.4, -0.2) is 28.9 Å². The number of carbonyl (C=O) groups is 1. The number of aromatic nitrogens is 3. The van der Waals surface area contributed by atoms with Gasteiger partial charge in [0.2, 0.25) is 11.1 Å². The SMILES string of the molecule is CCSc1n[n+]2c(c(=O)[nH]1)-c1ccccc1N(C(=O)CC)[C@@H]2c1cc(Br)ccc1OC. The zero-order valence-electron chi connectivity index (χ0n) is 17.4. The summed E-state index contributed by atoms with van der Waals surface area (Å²) in [5.41, 5.74) is 2.22. The highest BCUT2D eigenvalue weighted by molar-refractivity contribution is 9.10. The Labute approximate surface area is 192 Å². The number of thioether (sulfide) groups is 1. The summed E-state index contributed by atoms with van der Waals surface area (Å²) in [5, 5.41) is 5.25. The predicted molar refractivity (Wildman–Crippen MR) is 123 cm³/mol. The molecule has 9 heteroatoms. The van der Waals surface area contributed by atoms with Gasteiger partial charge in [0.25, 0.3) is 6.17 Å². The molecule has 1 N–H and O–H groups in total. The Morgan fingerprint density at radius 3 is 2.77 bits per heavy atom. The molecule has 1 aromatic heterocycles. The number of para-hydroxylation sites is 1. The van der Waals surface area contributed by atoms with E-state index in [1.807, 2.05) is 56.3 Å². The highest BCUT2D eigenvalue weighted by Gasteiger charge is 2.46. The summed E-state index contributed by atoms with van der Waals surface area (Å²) in [6.45, 7) is 3.82. The third kappa shape index (κ3) is 3.76. The van der Waals surface area contributed by atoms with Crippen molar-refractivity contribution in [3.63, 3.8) is 0 Å². The minimum atomic E-state index is -0.677. The lowest BCUT2D eigenvalue weighted by Crippen LogP contribution is -2.61. The number of methoxy groups -OCH3 is 1. The minimum Gasteiger partial charge on any atom is -0.496 e. The van der Waals surface area contributed by atoms with Gasteiger partial charge in [0.15, 0.2) is 0 Å². The second-order valence-corrected chi connectivity index (χ2v) is 9.05. The van der Waals surface area contributed by atoms with Gasteiger partial charge in [-0.1, -0.05) is 53.7 Å². The number of nitrogens with one attached hydrogen (secondary N) is 1. The van der Waals surface area contributed by atoms with Crippen LogP contribution in [0.2, 0.25) is 0 Å². The van der Waals surface area contributed by atoms with E-state index in [-0.39, 0.29) is 11.5 Å². The number of hydrogen-bond donors (Lipinski definition) is 1. The van der Waals surface area contributed by atoms with Crippen molar-refractivity contribution >= 4 is 39.3 Å². The lowest BCUT2D eigenvalue weighted by Gasteiger charge is -2.32. The minimum absolute atomic E-state index is 0.0793. The van der Waals surface area contributed by atoms with Crippen molar-refractivity contribution in [1.82, 2.24) is 10.1 Å². The molecule has 1 amide bonds. The Morgan fingerprint density at radius 2 is 2.06 bits per heavy atom. The van der Waals surface area contributed by atoms with Crippen molar-refractivity contribution in [2.75, 3.05) is 17.8 Å². The van der Waals surface area contributed by atoms with Gasteiger partial charge < -0.3 is 4.74 Å². The van der Waals surface area contributed by atoms with E-state index in [1.165, 1.54) is 11.8 Å². The van der Waals surface area contributed by atoms with Crippen molar-refractivity contribution in [2.24, 2.45) is 0 Å². The summed E-state index contributed by atoms with van der Waals surface area (Å²) >= 11 is 4.97. The number of fused-ring (bicyclic) bond motifs is 3. The van der Waals surface area contributed by atoms with Crippen LogP contribution in [0, 0.1) is 0 Å². The van der Waals surface area contributed by atoms with Crippen LogP contribution in [0.1, 0.15) is 32.0 Å². The van der Waals surface area contributed by atoms with Crippen LogP contribution in [0.5, 0.6) is 5.75 Å². The molecule has 0 fully saturated rings. The molecular formula is C22H22BrN4O3S+. The van der Waals surface area contributed by atoms with E-state index in [9.17, 15) is 9.59 Å². The number of hydrogen-bond acceptors (Lipinski definition) is 5. The number of benzene rings is 2. The average molecular weight is 502 g/mol. The fraction of sp³-hybridized carbons (Fsp3) is 0.273. The van der Waals surface area contributed by atoms with Crippen molar-refractivity contribution in [1.29, 1.82) is 0 Å². The largest absolute Gasteiger partial charge is 0.496 e. The summed E-state index contributed by atoms with van der Waals surface area (Å²) < 4.78 is 8.12. The Morgan fingerprint density at radius 1 is 1.29 bits per heavy atom. The molecule has 0 bridgehead atoms. The van der Waals surface area contributed by atoms with E-state index in [4.69, 9.17) is 9.84 Å². The first-order valence-electron chi connectivity index (χ1n) is 9.94. The number of anilines is 1. The molecule has 0 spiro atoms. The Hall–Kier alpha value is -2.65. The summed E-state index contributed by atoms with van der Waals surface area (Å²) in [5.74, 6) is 1.28. The molecule has 3 aromatic rings. The molecule has 2 aromatic carbocycles. The quantitative estimate of drug-likeness (QED) is 0.423. The number of halogens is 1. The van der Waals surface area contributed by atoms with Crippen LogP contribution in [0.25, 0.3) is 11.3 Å². The maximum absolute atomic E-state index is 13.2. The first kappa shape index (κ1) is 21.6. The number of H-pyrrole nitrogens is 1. The lowest BCUT2D eigenvalue weighted by molar-refractivity contribution is -0.763. The monoisotopic (exact) mass is 501 g/mol. The highest BCUT2D eigenvalue weighted by atomic mass is 79.9. The molecule has 0 saturated heterocycles. The molecular weight excluding hydrogens is 480 g/mol. The number of carbonyl (C=O) groups excluding carboxylic acids is 1. The van der Waals surface area contributed by atoms with Gasteiger partial charge in [-0.05, 0) is 40.8 Å². The van der Waals surface area contributed by atoms with Crippen molar-refractivity contribution in [3.8, 4) is 17.0 Å². The summed E-state index contributed by atoms with van der Waals surface area (Å²) in [4.78, 5) is 31.0. The lowest BCUT2D eigenvalue weighted by atomic mass is 10.0.